The molecule has 1 saturated heterocycles. The minimum atomic E-state index is -0.261. The van der Waals surface area contributed by atoms with Gasteiger partial charge in [-0.1, -0.05) is 31.2 Å². The molecule has 2 aromatic rings. The molecule has 2 unspecified atom stereocenters. The predicted molar refractivity (Wildman–Crippen MR) is 94.9 cm³/mol. The van der Waals surface area contributed by atoms with Crippen LogP contribution < -0.4 is 20.9 Å². The summed E-state index contributed by atoms with van der Waals surface area (Å²) in [6, 6.07) is 15.7. The molecule has 3 N–H and O–H groups in total. The number of carbonyl (C=O) groups excluding carboxylic acids is 1. The van der Waals surface area contributed by atoms with E-state index in [9.17, 15) is 4.79 Å². The summed E-state index contributed by atoms with van der Waals surface area (Å²) in [5, 5.41) is 2.96. The van der Waals surface area contributed by atoms with Gasteiger partial charge < -0.3 is 10.1 Å². The van der Waals surface area contributed by atoms with Crippen molar-refractivity contribution in [3.8, 4) is 5.75 Å². The molecule has 1 aliphatic heterocycles. The van der Waals surface area contributed by atoms with Gasteiger partial charge in [-0.3, -0.25) is 4.79 Å². The van der Waals surface area contributed by atoms with Gasteiger partial charge in [0, 0.05) is 11.7 Å². The van der Waals surface area contributed by atoms with Gasteiger partial charge in [-0.2, -0.15) is 0 Å². The highest BCUT2D eigenvalue weighted by molar-refractivity contribution is 5.95. The van der Waals surface area contributed by atoms with E-state index in [0.717, 1.165) is 23.4 Å². The lowest BCUT2D eigenvalue weighted by molar-refractivity contribution is -0.117. The second-order valence-electron chi connectivity index (χ2n) is 5.94. The number of amides is 1. The largest absolute Gasteiger partial charge is 0.497 e. The standard InChI is InChI=1S/C19H23N3O2/c1-3-13-4-8-15(9-5-13)20-19(23)18-12-17(21-22-18)14-6-10-16(24-2)11-7-14/h4-11,17-18,21-22H,3,12H2,1-2H3,(H,20,23). The average molecular weight is 325 g/mol. The number of hydrogen-bond acceptors (Lipinski definition) is 4. The van der Waals surface area contributed by atoms with Gasteiger partial charge in [0.25, 0.3) is 0 Å². The molecule has 126 valence electrons. The number of methoxy groups -OCH3 is 1. The zero-order chi connectivity index (χ0) is 16.9. The Morgan fingerprint density at radius 3 is 2.46 bits per heavy atom. The molecule has 24 heavy (non-hydrogen) atoms. The van der Waals surface area contributed by atoms with Gasteiger partial charge in [0.2, 0.25) is 5.91 Å². The summed E-state index contributed by atoms with van der Waals surface area (Å²) >= 11 is 0. The van der Waals surface area contributed by atoms with Gasteiger partial charge in [-0.05, 0) is 48.2 Å². The van der Waals surface area contributed by atoms with Crippen LogP contribution in [-0.4, -0.2) is 19.1 Å². The fraction of sp³-hybridized carbons (Fsp3) is 0.316. The number of hydrogen-bond donors (Lipinski definition) is 3. The van der Waals surface area contributed by atoms with Crippen LogP contribution in [0.5, 0.6) is 5.75 Å². The highest BCUT2D eigenvalue weighted by Crippen LogP contribution is 2.24. The first kappa shape index (κ1) is 16.5. The van der Waals surface area contributed by atoms with Crippen LogP contribution in [0.25, 0.3) is 0 Å². The quantitative estimate of drug-likeness (QED) is 0.791. The van der Waals surface area contributed by atoms with E-state index in [1.807, 2.05) is 48.5 Å². The first-order chi connectivity index (χ1) is 11.7. The van der Waals surface area contributed by atoms with Crippen molar-refractivity contribution in [2.75, 3.05) is 12.4 Å². The molecule has 1 fully saturated rings. The third kappa shape index (κ3) is 3.75. The maximum Gasteiger partial charge on any atom is 0.242 e. The van der Waals surface area contributed by atoms with E-state index in [1.165, 1.54) is 5.56 Å². The Bertz CT molecular complexity index is 683. The number of rotatable bonds is 5. The predicted octanol–water partition coefficient (Wildman–Crippen LogP) is 2.80. The second kappa shape index (κ2) is 7.47. The molecule has 0 spiro atoms. The molecular weight excluding hydrogens is 302 g/mol. The highest BCUT2D eigenvalue weighted by atomic mass is 16.5. The monoisotopic (exact) mass is 325 g/mol. The molecule has 0 bridgehead atoms. The van der Waals surface area contributed by atoms with Crippen LogP contribution >= 0.6 is 0 Å². The van der Waals surface area contributed by atoms with Crippen molar-refractivity contribution in [2.45, 2.75) is 31.8 Å². The van der Waals surface area contributed by atoms with Crippen molar-refractivity contribution in [2.24, 2.45) is 0 Å². The van der Waals surface area contributed by atoms with Crippen molar-refractivity contribution < 1.29 is 9.53 Å². The van der Waals surface area contributed by atoms with E-state index in [2.05, 4.69) is 23.1 Å². The molecule has 0 aliphatic carbocycles. The summed E-state index contributed by atoms with van der Waals surface area (Å²) in [7, 11) is 1.65. The minimum absolute atomic E-state index is 0.0252. The van der Waals surface area contributed by atoms with Gasteiger partial charge in [0.1, 0.15) is 11.8 Å². The molecule has 5 nitrogen and oxygen atoms in total. The topological polar surface area (TPSA) is 62.4 Å². The summed E-state index contributed by atoms with van der Waals surface area (Å²) in [6.07, 6.45) is 1.69. The lowest BCUT2D eigenvalue weighted by Crippen LogP contribution is -2.39. The van der Waals surface area contributed by atoms with Gasteiger partial charge in [0.05, 0.1) is 7.11 Å². The van der Waals surface area contributed by atoms with Gasteiger partial charge >= 0.3 is 0 Å². The number of benzene rings is 2. The summed E-state index contributed by atoms with van der Waals surface area (Å²) in [5.74, 6) is 0.803. The molecule has 1 heterocycles. The molecule has 1 aliphatic rings. The van der Waals surface area contributed by atoms with Crippen LogP contribution in [0, 0.1) is 0 Å². The molecule has 3 rings (SSSR count). The Kier molecular flexibility index (Phi) is 5.13. The maximum absolute atomic E-state index is 12.4. The number of carbonyl (C=O) groups is 1. The van der Waals surface area contributed by atoms with E-state index in [0.29, 0.717) is 6.42 Å². The van der Waals surface area contributed by atoms with Crippen LogP contribution in [0.1, 0.15) is 30.5 Å². The van der Waals surface area contributed by atoms with E-state index in [-0.39, 0.29) is 18.0 Å². The second-order valence-corrected chi connectivity index (χ2v) is 5.94. The van der Waals surface area contributed by atoms with E-state index in [1.54, 1.807) is 7.11 Å². The Labute approximate surface area is 142 Å². The Morgan fingerprint density at radius 2 is 1.83 bits per heavy atom. The lowest BCUT2D eigenvalue weighted by Gasteiger charge is -2.11. The number of aryl methyl sites for hydroxylation is 1. The molecule has 0 radical (unpaired) electrons. The summed E-state index contributed by atoms with van der Waals surface area (Å²) < 4.78 is 5.17. The normalized spacial score (nSPS) is 19.9. The van der Waals surface area contributed by atoms with E-state index in [4.69, 9.17) is 4.74 Å². The zero-order valence-electron chi connectivity index (χ0n) is 14.0. The van der Waals surface area contributed by atoms with Crippen LogP contribution in [0.2, 0.25) is 0 Å². The van der Waals surface area contributed by atoms with Gasteiger partial charge in [0.15, 0.2) is 0 Å². The molecule has 1 amide bonds. The van der Waals surface area contributed by atoms with E-state index >= 15 is 0 Å². The summed E-state index contributed by atoms with van der Waals surface area (Å²) in [5.41, 5.74) is 9.49. The van der Waals surface area contributed by atoms with Crippen molar-refractivity contribution in [1.82, 2.24) is 10.9 Å². The maximum atomic E-state index is 12.4. The number of nitrogens with one attached hydrogen (secondary N) is 3. The van der Waals surface area contributed by atoms with Crippen LogP contribution in [-0.2, 0) is 11.2 Å². The van der Waals surface area contributed by atoms with Crippen molar-refractivity contribution in [3.63, 3.8) is 0 Å². The Hall–Kier alpha value is -2.37. The molecule has 2 aromatic carbocycles. The lowest BCUT2D eigenvalue weighted by atomic mass is 10.0. The average Bonchev–Trinajstić information content (AvgIpc) is 3.13. The fourth-order valence-corrected chi connectivity index (χ4v) is 2.84. The van der Waals surface area contributed by atoms with Crippen molar-refractivity contribution in [3.05, 3.63) is 59.7 Å². The molecule has 2 atom stereocenters. The first-order valence-corrected chi connectivity index (χ1v) is 8.24. The summed E-state index contributed by atoms with van der Waals surface area (Å²) in [4.78, 5) is 12.4. The molecule has 5 heteroatoms. The first-order valence-electron chi connectivity index (χ1n) is 8.24. The van der Waals surface area contributed by atoms with Gasteiger partial charge in [-0.15, -0.1) is 0 Å². The van der Waals surface area contributed by atoms with E-state index < -0.39 is 0 Å². The zero-order valence-corrected chi connectivity index (χ0v) is 14.0. The third-order valence-corrected chi connectivity index (χ3v) is 4.37. The molecule has 0 aromatic heterocycles. The summed E-state index contributed by atoms with van der Waals surface area (Å²) in [6.45, 7) is 2.11. The number of ether oxygens (including phenoxy) is 1. The third-order valence-electron chi connectivity index (χ3n) is 4.37. The number of anilines is 1. The SMILES string of the molecule is CCc1ccc(NC(=O)C2CC(c3ccc(OC)cc3)NN2)cc1. The van der Waals surface area contributed by atoms with Crippen molar-refractivity contribution in [1.29, 1.82) is 0 Å². The van der Waals surface area contributed by atoms with Crippen molar-refractivity contribution >= 4 is 11.6 Å². The molecule has 0 saturated carbocycles. The van der Waals surface area contributed by atoms with Crippen LogP contribution in [0.15, 0.2) is 48.5 Å². The fourth-order valence-electron chi connectivity index (χ4n) is 2.84. The number of hydrazine groups is 1. The smallest absolute Gasteiger partial charge is 0.242 e. The Balaban J connectivity index is 1.58. The van der Waals surface area contributed by atoms with Crippen LogP contribution in [0.4, 0.5) is 5.69 Å². The minimum Gasteiger partial charge on any atom is -0.497 e. The van der Waals surface area contributed by atoms with Gasteiger partial charge in [-0.25, -0.2) is 10.9 Å². The Morgan fingerprint density at radius 1 is 1.12 bits per heavy atom. The molecular formula is C19H23N3O2. The highest BCUT2D eigenvalue weighted by Gasteiger charge is 2.30. The van der Waals surface area contributed by atoms with Crippen LogP contribution in [0.3, 0.4) is 0 Å².